The molecule has 0 fully saturated rings. The van der Waals surface area contributed by atoms with Crippen LogP contribution < -0.4 is 11.1 Å². The first-order valence-corrected chi connectivity index (χ1v) is 5.83. The molecule has 3 rings (SSSR count). The number of hydrogen-bond acceptors (Lipinski definition) is 3. The number of hydrogen-bond donors (Lipinski definition) is 1. The fourth-order valence-corrected chi connectivity index (χ4v) is 1.99. The van der Waals surface area contributed by atoms with Gasteiger partial charge in [-0.1, -0.05) is 36.4 Å². The Kier molecular flexibility index (Phi) is 2.68. The highest BCUT2D eigenvalue weighted by Gasteiger charge is 2.02. The van der Waals surface area contributed by atoms with Crippen molar-refractivity contribution < 1.29 is 0 Å². The zero-order chi connectivity index (χ0) is 13.2. The minimum atomic E-state index is -0.411. The van der Waals surface area contributed by atoms with Gasteiger partial charge in [-0.2, -0.15) is 0 Å². The van der Waals surface area contributed by atoms with Crippen molar-refractivity contribution in [2.45, 2.75) is 0 Å². The summed E-state index contributed by atoms with van der Waals surface area (Å²) in [5.74, 6) is 0. The Morgan fingerprint density at radius 1 is 0.895 bits per heavy atom. The molecule has 2 aromatic carbocycles. The average Bonchev–Trinajstić information content (AvgIpc) is 2.59. The van der Waals surface area contributed by atoms with E-state index in [1.807, 2.05) is 36.4 Å². The highest BCUT2D eigenvalue weighted by molar-refractivity contribution is 5.83. The van der Waals surface area contributed by atoms with Crippen LogP contribution in [0.15, 0.2) is 64.3 Å². The second-order valence-corrected chi connectivity index (χ2v) is 4.18. The number of nitrogens with one attached hydrogen (secondary N) is 1. The Bertz CT molecular complexity index is 855. The van der Waals surface area contributed by atoms with Gasteiger partial charge in [0.25, 0.3) is 11.1 Å². The lowest BCUT2D eigenvalue weighted by atomic mass is 10.0. The maximum absolute atomic E-state index is 11.8. The van der Waals surface area contributed by atoms with Crippen molar-refractivity contribution in [3.05, 3.63) is 75.4 Å². The fourth-order valence-electron chi connectivity index (χ4n) is 1.99. The van der Waals surface area contributed by atoms with Crippen LogP contribution in [-0.4, -0.2) is 9.97 Å². The molecule has 0 unspecified atom stereocenters. The topological polar surface area (TPSA) is 62.8 Å². The summed E-state index contributed by atoms with van der Waals surface area (Å²) in [5, 5.41) is 0.406. The van der Waals surface area contributed by atoms with Crippen molar-refractivity contribution in [1.82, 2.24) is 9.97 Å². The van der Waals surface area contributed by atoms with Crippen LogP contribution in [0.3, 0.4) is 0 Å². The van der Waals surface area contributed by atoms with Gasteiger partial charge < -0.3 is 4.98 Å². The molecule has 0 aliphatic carbocycles. The van der Waals surface area contributed by atoms with Gasteiger partial charge in [-0.05, 0) is 23.3 Å². The van der Waals surface area contributed by atoms with Crippen LogP contribution in [0.1, 0.15) is 0 Å². The molecule has 3 aromatic rings. The van der Waals surface area contributed by atoms with Crippen molar-refractivity contribution in [3.8, 4) is 11.1 Å². The molecule has 0 saturated heterocycles. The molecule has 0 aliphatic rings. The van der Waals surface area contributed by atoms with Gasteiger partial charge in [-0.15, -0.1) is 0 Å². The van der Waals surface area contributed by atoms with E-state index < -0.39 is 5.56 Å². The number of H-pyrrole nitrogens is 1. The zero-order valence-electron chi connectivity index (χ0n) is 9.96. The highest BCUT2D eigenvalue weighted by atomic mass is 16.1. The molecule has 4 heteroatoms. The fraction of sp³-hybridized carbons (Fsp3) is 0. The molecule has 19 heavy (non-hydrogen) atoms. The Morgan fingerprint density at radius 3 is 2.47 bits per heavy atom. The first-order valence-electron chi connectivity index (χ1n) is 5.83. The van der Waals surface area contributed by atoms with Gasteiger partial charge in [-0.3, -0.25) is 9.59 Å². The maximum Gasteiger partial charge on any atom is 0.279 e. The molecule has 0 amide bonds. The largest absolute Gasteiger partial charge is 0.320 e. The van der Waals surface area contributed by atoms with Gasteiger partial charge in [0.2, 0.25) is 0 Å². The quantitative estimate of drug-likeness (QED) is 0.718. The Hall–Kier alpha value is -2.75. The van der Waals surface area contributed by atoms with E-state index in [1.165, 1.54) is 0 Å². The lowest BCUT2D eigenvalue weighted by molar-refractivity contribution is 1.23. The van der Waals surface area contributed by atoms with Gasteiger partial charge >= 0.3 is 0 Å². The molecule has 0 atom stereocenters. The van der Waals surface area contributed by atoms with Gasteiger partial charge in [-0.25, -0.2) is 4.98 Å². The predicted octanol–water partition coefficient (Wildman–Crippen LogP) is 1.95. The third-order valence-corrected chi connectivity index (χ3v) is 2.91. The monoisotopic (exact) mass is 250 g/mol. The van der Waals surface area contributed by atoms with Crippen LogP contribution in [0.2, 0.25) is 0 Å². The van der Waals surface area contributed by atoms with E-state index in [1.54, 1.807) is 12.1 Å². The summed E-state index contributed by atoms with van der Waals surface area (Å²) in [6, 6.07) is 15.1. The SMILES string of the molecule is O=c1cnc(=O)c2cc(-c3ccccc3)ccc2[nH]1. The van der Waals surface area contributed by atoms with Crippen molar-refractivity contribution >= 4 is 10.9 Å². The molecular weight excluding hydrogens is 240 g/mol. The van der Waals surface area contributed by atoms with E-state index in [-0.39, 0.29) is 5.56 Å². The molecule has 1 heterocycles. The summed E-state index contributed by atoms with van der Waals surface area (Å²) in [4.78, 5) is 29.4. The van der Waals surface area contributed by atoms with E-state index in [0.29, 0.717) is 10.9 Å². The van der Waals surface area contributed by atoms with Crippen LogP contribution >= 0.6 is 0 Å². The molecular formula is C15H10N2O2. The summed E-state index contributed by atoms with van der Waals surface area (Å²) in [7, 11) is 0. The van der Waals surface area contributed by atoms with Crippen LogP contribution in [0, 0.1) is 0 Å². The third kappa shape index (κ3) is 2.15. The van der Waals surface area contributed by atoms with Crippen molar-refractivity contribution in [3.63, 3.8) is 0 Å². The lowest BCUT2D eigenvalue weighted by Gasteiger charge is -2.01. The summed E-state index contributed by atoms with van der Waals surface area (Å²) >= 11 is 0. The number of aromatic amines is 1. The van der Waals surface area contributed by atoms with Crippen molar-refractivity contribution in [2.75, 3.05) is 0 Å². The molecule has 0 aliphatic heterocycles. The standard InChI is InChI=1S/C15H10N2O2/c18-14-9-16-15(19)12-8-11(6-7-13(12)17-14)10-4-2-1-3-5-10/h1-9H,(H,17,18). The number of benzene rings is 2. The molecule has 0 radical (unpaired) electrons. The lowest BCUT2D eigenvalue weighted by Crippen LogP contribution is -2.02. The van der Waals surface area contributed by atoms with E-state index in [4.69, 9.17) is 0 Å². The number of aromatic nitrogens is 2. The molecule has 0 spiro atoms. The van der Waals surface area contributed by atoms with Gasteiger partial charge in [0.1, 0.15) is 0 Å². The molecule has 0 saturated carbocycles. The third-order valence-electron chi connectivity index (χ3n) is 2.91. The second kappa shape index (κ2) is 4.49. The highest BCUT2D eigenvalue weighted by Crippen LogP contribution is 2.21. The number of nitrogens with zero attached hydrogens (tertiary/aromatic N) is 1. The number of fused-ring (bicyclic) bond motifs is 1. The van der Waals surface area contributed by atoms with E-state index in [9.17, 15) is 9.59 Å². The van der Waals surface area contributed by atoms with Crippen LogP contribution in [0.4, 0.5) is 0 Å². The van der Waals surface area contributed by atoms with Gasteiger partial charge in [0, 0.05) is 0 Å². The normalized spacial score (nSPS) is 10.5. The van der Waals surface area contributed by atoms with Crippen LogP contribution in [-0.2, 0) is 0 Å². The number of rotatable bonds is 1. The van der Waals surface area contributed by atoms with E-state index in [2.05, 4.69) is 9.97 Å². The van der Waals surface area contributed by atoms with Gasteiger partial charge in [0.15, 0.2) is 0 Å². The summed E-state index contributed by atoms with van der Waals surface area (Å²) < 4.78 is 0. The van der Waals surface area contributed by atoms with Crippen molar-refractivity contribution in [1.29, 1.82) is 0 Å². The minimum Gasteiger partial charge on any atom is -0.320 e. The minimum absolute atomic E-state index is 0.389. The first-order chi connectivity index (χ1) is 9.24. The molecule has 1 aromatic heterocycles. The molecule has 1 N–H and O–H groups in total. The zero-order valence-corrected chi connectivity index (χ0v) is 9.96. The van der Waals surface area contributed by atoms with Crippen LogP contribution in [0.5, 0.6) is 0 Å². The average molecular weight is 250 g/mol. The van der Waals surface area contributed by atoms with E-state index in [0.717, 1.165) is 17.3 Å². The summed E-state index contributed by atoms with van der Waals surface area (Å²) in [6.45, 7) is 0. The van der Waals surface area contributed by atoms with Crippen molar-refractivity contribution in [2.24, 2.45) is 0 Å². The second-order valence-electron chi connectivity index (χ2n) is 4.18. The smallest absolute Gasteiger partial charge is 0.279 e. The summed E-state index contributed by atoms with van der Waals surface area (Å²) in [6.07, 6.45) is 1.00. The molecule has 4 nitrogen and oxygen atoms in total. The van der Waals surface area contributed by atoms with Gasteiger partial charge in [0.05, 0.1) is 17.1 Å². The molecule has 0 bridgehead atoms. The Balaban J connectivity index is 2.34. The Morgan fingerprint density at radius 2 is 1.68 bits per heavy atom. The predicted molar refractivity (Wildman–Crippen MR) is 74.1 cm³/mol. The van der Waals surface area contributed by atoms with Crippen LogP contribution in [0.25, 0.3) is 22.0 Å². The maximum atomic E-state index is 11.8. The molecule has 92 valence electrons. The Labute approximate surface area is 108 Å². The van der Waals surface area contributed by atoms with E-state index >= 15 is 0 Å². The summed E-state index contributed by atoms with van der Waals surface area (Å²) in [5.41, 5.74) is 1.62. The first kappa shape index (κ1) is 11.3.